The Morgan fingerprint density at radius 3 is 2.76 bits per heavy atom. The van der Waals surface area contributed by atoms with Crippen LogP contribution in [0.3, 0.4) is 0 Å². The molecule has 1 aliphatic rings. The largest absolute Gasteiger partial charge is 0.399 e. The molecule has 1 heterocycles. The van der Waals surface area contributed by atoms with Gasteiger partial charge in [0.15, 0.2) is 0 Å². The lowest BCUT2D eigenvalue weighted by molar-refractivity contribution is 0.714. The number of nitrogens with two attached hydrogens (primary N) is 1. The van der Waals surface area contributed by atoms with Crippen LogP contribution in [0.4, 0.5) is 5.69 Å². The summed E-state index contributed by atoms with van der Waals surface area (Å²) in [6.45, 7) is 0. The Balaban J connectivity index is 1.67. The van der Waals surface area contributed by atoms with Gasteiger partial charge in [0.05, 0.1) is 6.33 Å². The number of hydrogen-bond acceptors (Lipinski definition) is 3. The van der Waals surface area contributed by atoms with Gasteiger partial charge in [0, 0.05) is 34.3 Å². The summed E-state index contributed by atoms with van der Waals surface area (Å²) in [5.74, 6) is 0.973. The van der Waals surface area contributed by atoms with Crippen LogP contribution in [0.5, 0.6) is 0 Å². The molecule has 0 amide bonds. The van der Waals surface area contributed by atoms with Gasteiger partial charge >= 0.3 is 0 Å². The van der Waals surface area contributed by atoms with Crippen molar-refractivity contribution in [3.8, 4) is 0 Å². The molecule has 0 aliphatic heterocycles. The molecule has 1 aromatic heterocycles. The molecule has 0 radical (unpaired) electrons. The molecule has 0 spiro atoms. The van der Waals surface area contributed by atoms with Crippen LogP contribution < -0.4 is 5.73 Å². The number of aromatic nitrogens is 2. The summed E-state index contributed by atoms with van der Waals surface area (Å²) in [5, 5.41) is 0. The highest BCUT2D eigenvalue weighted by Crippen LogP contribution is 2.36. The Kier molecular flexibility index (Phi) is 2.81. The number of nitrogens with zero attached hydrogens (tertiary/aromatic N) is 2. The molecule has 0 bridgehead atoms. The van der Waals surface area contributed by atoms with Crippen molar-refractivity contribution < 1.29 is 0 Å². The van der Waals surface area contributed by atoms with E-state index >= 15 is 0 Å². The zero-order valence-electron chi connectivity index (χ0n) is 9.54. The van der Waals surface area contributed by atoms with E-state index in [0.717, 1.165) is 11.4 Å². The Labute approximate surface area is 105 Å². The molecule has 2 N–H and O–H groups in total. The van der Waals surface area contributed by atoms with E-state index in [4.69, 9.17) is 5.73 Å². The van der Waals surface area contributed by atoms with Crippen molar-refractivity contribution in [2.45, 2.75) is 29.5 Å². The Morgan fingerprint density at radius 1 is 1.29 bits per heavy atom. The van der Waals surface area contributed by atoms with Gasteiger partial charge < -0.3 is 10.3 Å². The summed E-state index contributed by atoms with van der Waals surface area (Å²) < 4.78 is 2.31. The van der Waals surface area contributed by atoms with E-state index in [1.165, 1.54) is 23.4 Å². The van der Waals surface area contributed by atoms with Gasteiger partial charge in [0.2, 0.25) is 0 Å². The zero-order chi connectivity index (χ0) is 11.7. The second-order valence-corrected chi connectivity index (χ2v) is 5.43. The van der Waals surface area contributed by atoms with Gasteiger partial charge in [0.25, 0.3) is 0 Å². The highest BCUT2D eigenvalue weighted by atomic mass is 32.2. The van der Waals surface area contributed by atoms with Crippen LogP contribution in [0.25, 0.3) is 0 Å². The van der Waals surface area contributed by atoms with E-state index in [9.17, 15) is 0 Å². The van der Waals surface area contributed by atoms with Crippen molar-refractivity contribution in [3.05, 3.63) is 42.5 Å². The van der Waals surface area contributed by atoms with E-state index < -0.39 is 0 Å². The minimum atomic E-state index is 0.708. The molecule has 0 unspecified atom stereocenters. The van der Waals surface area contributed by atoms with Crippen molar-refractivity contribution in [1.82, 2.24) is 9.55 Å². The predicted molar refractivity (Wildman–Crippen MR) is 70.9 cm³/mol. The number of nitrogen functional groups attached to an aromatic ring is 1. The normalized spacial score (nSPS) is 15.1. The minimum Gasteiger partial charge on any atom is -0.399 e. The topological polar surface area (TPSA) is 43.8 Å². The quantitative estimate of drug-likeness (QED) is 0.665. The first kappa shape index (κ1) is 10.7. The lowest BCUT2D eigenvalue weighted by Crippen LogP contribution is -1.97. The van der Waals surface area contributed by atoms with E-state index in [2.05, 4.69) is 21.7 Å². The fourth-order valence-corrected chi connectivity index (χ4v) is 2.71. The van der Waals surface area contributed by atoms with Crippen molar-refractivity contribution in [3.63, 3.8) is 0 Å². The average Bonchev–Trinajstić information content (AvgIpc) is 3.08. The summed E-state index contributed by atoms with van der Waals surface area (Å²) >= 11 is 1.83. The molecule has 17 heavy (non-hydrogen) atoms. The molecule has 1 fully saturated rings. The van der Waals surface area contributed by atoms with Crippen molar-refractivity contribution in [2.75, 3.05) is 5.73 Å². The summed E-state index contributed by atoms with van der Waals surface area (Å²) in [4.78, 5) is 5.49. The zero-order valence-corrected chi connectivity index (χ0v) is 10.4. The van der Waals surface area contributed by atoms with Gasteiger partial charge in [0.1, 0.15) is 0 Å². The second kappa shape index (κ2) is 4.45. The molecular formula is C13H15N3S. The highest BCUT2D eigenvalue weighted by Gasteiger charge is 2.24. The molecule has 2 aromatic rings. The van der Waals surface area contributed by atoms with Gasteiger partial charge in [-0.3, -0.25) is 0 Å². The number of anilines is 1. The van der Waals surface area contributed by atoms with Crippen LogP contribution in [0, 0.1) is 0 Å². The Bertz CT molecular complexity index is 500. The average molecular weight is 245 g/mol. The van der Waals surface area contributed by atoms with Crippen LogP contribution in [0.2, 0.25) is 0 Å². The van der Waals surface area contributed by atoms with E-state index in [0.29, 0.717) is 6.04 Å². The molecule has 1 aromatic carbocycles. The molecule has 1 saturated carbocycles. The molecule has 4 heteroatoms. The fourth-order valence-electron chi connectivity index (χ4n) is 1.85. The third kappa shape index (κ3) is 2.47. The van der Waals surface area contributed by atoms with Crippen LogP contribution in [-0.4, -0.2) is 9.55 Å². The maximum Gasteiger partial charge on any atom is 0.0951 e. The van der Waals surface area contributed by atoms with E-state index in [1.54, 1.807) is 0 Å². The number of rotatable bonds is 4. The first-order chi connectivity index (χ1) is 8.33. The number of hydrogen-bond donors (Lipinski definition) is 1. The van der Waals surface area contributed by atoms with Crippen LogP contribution in [-0.2, 0) is 5.75 Å². The Morgan fingerprint density at radius 2 is 2.06 bits per heavy atom. The number of benzene rings is 1. The smallest absolute Gasteiger partial charge is 0.0951 e. The third-order valence-corrected chi connectivity index (χ3v) is 4.00. The van der Waals surface area contributed by atoms with Gasteiger partial charge in [-0.05, 0) is 37.1 Å². The fraction of sp³-hybridized carbons (Fsp3) is 0.308. The first-order valence-electron chi connectivity index (χ1n) is 5.82. The van der Waals surface area contributed by atoms with Crippen LogP contribution >= 0.6 is 11.8 Å². The molecule has 0 atom stereocenters. The molecular weight excluding hydrogens is 230 g/mol. The van der Waals surface area contributed by atoms with Gasteiger partial charge in [-0.25, -0.2) is 4.98 Å². The van der Waals surface area contributed by atoms with Crippen LogP contribution in [0.15, 0.2) is 41.7 Å². The summed E-state index contributed by atoms with van der Waals surface area (Å²) in [5.41, 5.74) is 7.80. The summed E-state index contributed by atoms with van der Waals surface area (Å²) in [6.07, 6.45) is 6.53. The van der Waals surface area contributed by atoms with Crippen molar-refractivity contribution in [1.29, 1.82) is 0 Å². The van der Waals surface area contributed by atoms with Gasteiger partial charge in [-0.15, -0.1) is 11.8 Å². The maximum absolute atomic E-state index is 5.67. The second-order valence-electron chi connectivity index (χ2n) is 4.38. The highest BCUT2D eigenvalue weighted by molar-refractivity contribution is 7.98. The van der Waals surface area contributed by atoms with E-state index in [1.807, 2.05) is 36.4 Å². The monoisotopic (exact) mass is 245 g/mol. The molecule has 1 aliphatic carbocycles. The standard InChI is InChI=1S/C13H15N3S/c14-10-1-5-13(6-2-10)17-8-12-7-15-9-16(12)11-3-4-11/h1-2,5-7,9,11H,3-4,8,14H2. The molecule has 88 valence electrons. The molecule has 3 rings (SSSR count). The van der Waals surface area contributed by atoms with Crippen molar-refractivity contribution in [2.24, 2.45) is 0 Å². The molecule has 0 saturated heterocycles. The molecule has 3 nitrogen and oxygen atoms in total. The SMILES string of the molecule is Nc1ccc(SCc2cncn2C2CC2)cc1. The minimum absolute atomic E-state index is 0.708. The van der Waals surface area contributed by atoms with Crippen molar-refractivity contribution >= 4 is 17.4 Å². The maximum atomic E-state index is 5.67. The lowest BCUT2D eigenvalue weighted by atomic mass is 10.3. The van der Waals surface area contributed by atoms with Gasteiger partial charge in [-0.1, -0.05) is 0 Å². The number of imidazole rings is 1. The predicted octanol–water partition coefficient (Wildman–Crippen LogP) is 3.09. The summed E-state index contributed by atoms with van der Waals surface area (Å²) in [6, 6.07) is 8.73. The van der Waals surface area contributed by atoms with E-state index in [-0.39, 0.29) is 0 Å². The summed E-state index contributed by atoms with van der Waals surface area (Å²) in [7, 11) is 0. The lowest BCUT2D eigenvalue weighted by Gasteiger charge is -2.06. The van der Waals surface area contributed by atoms with Crippen LogP contribution in [0.1, 0.15) is 24.6 Å². The number of thioether (sulfide) groups is 1. The Hall–Kier alpha value is -1.42. The first-order valence-corrected chi connectivity index (χ1v) is 6.80. The third-order valence-electron chi connectivity index (χ3n) is 2.95. The van der Waals surface area contributed by atoms with Gasteiger partial charge in [-0.2, -0.15) is 0 Å².